The number of halogens is 4. The third-order valence-corrected chi connectivity index (χ3v) is 8.55. The molecular formula is C23H25ClF3N5O4S. The number of carbonyl (C=O) groups excluding carboxylic acids is 2. The van der Waals surface area contributed by atoms with Gasteiger partial charge in [-0.1, -0.05) is 30.7 Å². The molecule has 0 saturated carbocycles. The quantitative estimate of drug-likeness (QED) is 0.539. The highest BCUT2D eigenvalue weighted by Gasteiger charge is 2.48. The van der Waals surface area contributed by atoms with Gasteiger partial charge in [0, 0.05) is 38.9 Å². The van der Waals surface area contributed by atoms with Crippen LogP contribution in [0, 0.1) is 0 Å². The van der Waals surface area contributed by atoms with E-state index in [1.165, 1.54) is 45.2 Å². The molecule has 4 rings (SSSR count). The van der Waals surface area contributed by atoms with E-state index >= 15 is 0 Å². The Morgan fingerprint density at radius 1 is 1.11 bits per heavy atom. The highest BCUT2D eigenvalue weighted by atomic mass is 35.5. The van der Waals surface area contributed by atoms with Crippen molar-refractivity contribution in [2.24, 2.45) is 0 Å². The zero-order chi connectivity index (χ0) is 27.0. The van der Waals surface area contributed by atoms with E-state index in [1.54, 1.807) is 13.0 Å². The molecule has 9 nitrogen and oxygen atoms in total. The number of urea groups is 1. The Bertz CT molecular complexity index is 1290. The standard InChI is InChI=1S/C23H25ClF3N5O4S/c1-2-10-31-18(15-32(22(31)34)37(35,36)19-8-4-3-7-17(19)24)21(33)30-13-11-29(12-14-30)20-16(23(25,26)27)6-5-9-28-20/h3-9,18H,2,10-15H2,1H3/t18-/m0/s1. The topological polar surface area (TPSA) is 94.1 Å². The van der Waals surface area contributed by atoms with Gasteiger partial charge in [0.15, 0.2) is 0 Å². The third kappa shape index (κ3) is 5.19. The number of hydrogen-bond acceptors (Lipinski definition) is 6. The van der Waals surface area contributed by atoms with E-state index in [0.717, 1.165) is 6.07 Å². The van der Waals surface area contributed by atoms with Crippen LogP contribution in [0.1, 0.15) is 18.9 Å². The number of amides is 3. The Hall–Kier alpha value is -3.06. The van der Waals surface area contributed by atoms with Gasteiger partial charge in [0.05, 0.1) is 17.1 Å². The van der Waals surface area contributed by atoms with Crippen molar-refractivity contribution in [2.75, 3.05) is 44.2 Å². The number of benzene rings is 1. The summed E-state index contributed by atoms with van der Waals surface area (Å²) in [4.78, 5) is 34.4. The second-order valence-electron chi connectivity index (χ2n) is 8.64. The van der Waals surface area contributed by atoms with Crippen LogP contribution in [0.15, 0.2) is 47.5 Å². The molecule has 0 bridgehead atoms. The van der Waals surface area contributed by atoms with Gasteiger partial charge in [-0.25, -0.2) is 22.5 Å². The number of rotatable bonds is 6. The largest absolute Gasteiger partial charge is 0.419 e. The summed E-state index contributed by atoms with van der Waals surface area (Å²) >= 11 is 6.07. The highest BCUT2D eigenvalue weighted by Crippen LogP contribution is 2.35. The maximum atomic E-state index is 13.4. The summed E-state index contributed by atoms with van der Waals surface area (Å²) < 4.78 is 67.4. The van der Waals surface area contributed by atoms with Crippen LogP contribution >= 0.6 is 11.6 Å². The number of hydrogen-bond donors (Lipinski definition) is 0. The molecule has 2 saturated heterocycles. The fraction of sp³-hybridized carbons (Fsp3) is 0.435. The summed E-state index contributed by atoms with van der Waals surface area (Å²) in [5.74, 6) is -0.668. The predicted octanol–water partition coefficient (Wildman–Crippen LogP) is 3.31. The molecule has 2 fully saturated rings. The van der Waals surface area contributed by atoms with Crippen LogP contribution in [0.4, 0.5) is 23.8 Å². The second-order valence-corrected chi connectivity index (χ2v) is 10.9. The first-order chi connectivity index (χ1) is 17.5. The number of anilines is 1. The average Bonchev–Trinajstić information content (AvgIpc) is 3.20. The molecule has 3 amide bonds. The van der Waals surface area contributed by atoms with Crippen LogP contribution in [-0.2, 0) is 21.0 Å². The van der Waals surface area contributed by atoms with Crippen molar-refractivity contribution in [1.29, 1.82) is 0 Å². The molecule has 37 heavy (non-hydrogen) atoms. The molecular weight excluding hydrogens is 535 g/mol. The minimum absolute atomic E-state index is 0.0454. The summed E-state index contributed by atoms with van der Waals surface area (Å²) in [5, 5.41) is -0.0454. The molecule has 2 aliphatic rings. The number of piperazine rings is 1. The number of aromatic nitrogens is 1. The molecule has 200 valence electrons. The number of carbonyl (C=O) groups is 2. The zero-order valence-corrected chi connectivity index (χ0v) is 21.4. The summed E-state index contributed by atoms with van der Waals surface area (Å²) in [7, 11) is -4.31. The van der Waals surface area contributed by atoms with Crippen LogP contribution < -0.4 is 4.90 Å². The van der Waals surface area contributed by atoms with Crippen molar-refractivity contribution in [2.45, 2.75) is 30.5 Å². The second kappa shape index (κ2) is 10.4. The molecule has 0 radical (unpaired) electrons. The van der Waals surface area contributed by atoms with E-state index in [1.807, 2.05) is 0 Å². The first-order valence-electron chi connectivity index (χ1n) is 11.6. The van der Waals surface area contributed by atoms with E-state index in [2.05, 4.69) is 4.98 Å². The molecule has 0 unspecified atom stereocenters. The lowest BCUT2D eigenvalue weighted by atomic mass is 10.2. The molecule has 3 heterocycles. The Kier molecular flexibility index (Phi) is 7.56. The van der Waals surface area contributed by atoms with Crippen LogP contribution in [0.5, 0.6) is 0 Å². The third-order valence-electron chi connectivity index (χ3n) is 6.31. The van der Waals surface area contributed by atoms with E-state index in [4.69, 9.17) is 11.6 Å². The molecule has 2 aromatic rings. The maximum Gasteiger partial charge on any atom is 0.419 e. The van der Waals surface area contributed by atoms with Crippen LogP contribution in [-0.4, -0.2) is 84.8 Å². The van der Waals surface area contributed by atoms with Gasteiger partial charge in [0.1, 0.15) is 16.8 Å². The molecule has 0 N–H and O–H groups in total. The number of alkyl halides is 3. The Balaban J connectivity index is 1.52. The lowest BCUT2D eigenvalue weighted by Crippen LogP contribution is -2.55. The molecule has 1 aromatic heterocycles. The minimum atomic E-state index is -4.57. The van der Waals surface area contributed by atoms with Crippen molar-refractivity contribution in [3.05, 3.63) is 53.2 Å². The minimum Gasteiger partial charge on any atom is -0.353 e. The van der Waals surface area contributed by atoms with Gasteiger partial charge < -0.3 is 14.7 Å². The van der Waals surface area contributed by atoms with Gasteiger partial charge >= 0.3 is 12.2 Å². The Labute approximate surface area is 217 Å². The lowest BCUT2D eigenvalue weighted by Gasteiger charge is -2.38. The van der Waals surface area contributed by atoms with Gasteiger partial charge in [0.2, 0.25) is 5.91 Å². The summed E-state index contributed by atoms with van der Waals surface area (Å²) in [6, 6.07) is 6.03. The average molecular weight is 560 g/mol. The van der Waals surface area contributed by atoms with Crippen molar-refractivity contribution < 1.29 is 31.2 Å². The first kappa shape index (κ1) is 27.0. The van der Waals surface area contributed by atoms with Gasteiger partial charge in [-0.15, -0.1) is 0 Å². The Morgan fingerprint density at radius 3 is 2.41 bits per heavy atom. The van der Waals surface area contributed by atoms with Crippen molar-refractivity contribution in [1.82, 2.24) is 19.1 Å². The summed E-state index contributed by atoms with van der Waals surface area (Å²) in [6.45, 7) is 1.95. The molecule has 0 aliphatic carbocycles. The van der Waals surface area contributed by atoms with Crippen molar-refractivity contribution in [3.8, 4) is 0 Å². The highest BCUT2D eigenvalue weighted by molar-refractivity contribution is 7.89. The van der Waals surface area contributed by atoms with Crippen LogP contribution in [0.25, 0.3) is 0 Å². The SMILES string of the molecule is CCCN1C(=O)N(S(=O)(=O)c2ccccc2Cl)C[C@H]1C(=O)N1CCN(c2ncccc2C(F)(F)F)CC1. The number of nitrogens with zero attached hydrogens (tertiary/aromatic N) is 5. The van der Waals surface area contributed by atoms with Gasteiger partial charge in [0.25, 0.3) is 10.0 Å². The number of pyridine rings is 1. The van der Waals surface area contributed by atoms with E-state index in [-0.39, 0.29) is 55.0 Å². The van der Waals surface area contributed by atoms with Gasteiger partial charge in [-0.05, 0) is 30.7 Å². The van der Waals surface area contributed by atoms with Crippen molar-refractivity contribution >= 4 is 39.4 Å². The molecule has 0 spiro atoms. The van der Waals surface area contributed by atoms with Gasteiger partial charge in [-0.3, -0.25) is 4.79 Å². The van der Waals surface area contributed by atoms with E-state index < -0.39 is 39.7 Å². The normalized spacial score (nSPS) is 19.1. The van der Waals surface area contributed by atoms with Crippen molar-refractivity contribution in [3.63, 3.8) is 0 Å². The fourth-order valence-electron chi connectivity index (χ4n) is 4.51. The Morgan fingerprint density at radius 2 is 1.78 bits per heavy atom. The van der Waals surface area contributed by atoms with Crippen LogP contribution in [0.3, 0.4) is 0 Å². The first-order valence-corrected chi connectivity index (χ1v) is 13.4. The molecule has 1 atom stereocenters. The zero-order valence-electron chi connectivity index (χ0n) is 19.9. The monoisotopic (exact) mass is 559 g/mol. The van der Waals surface area contributed by atoms with E-state index in [9.17, 15) is 31.2 Å². The summed E-state index contributed by atoms with van der Waals surface area (Å²) in [5.41, 5.74) is -0.856. The molecule has 1 aromatic carbocycles. The van der Waals surface area contributed by atoms with Crippen LogP contribution in [0.2, 0.25) is 5.02 Å². The predicted molar refractivity (Wildman–Crippen MR) is 130 cm³/mol. The fourth-order valence-corrected chi connectivity index (χ4v) is 6.39. The van der Waals surface area contributed by atoms with Gasteiger partial charge in [-0.2, -0.15) is 13.2 Å². The lowest BCUT2D eigenvalue weighted by molar-refractivity contribution is -0.138. The smallest absolute Gasteiger partial charge is 0.353 e. The van der Waals surface area contributed by atoms with E-state index in [0.29, 0.717) is 10.7 Å². The molecule has 14 heteroatoms. The summed E-state index contributed by atoms with van der Waals surface area (Å²) in [6.07, 6.45) is -2.80. The molecule has 2 aliphatic heterocycles. The maximum absolute atomic E-state index is 13.4. The number of sulfonamides is 1.